The van der Waals surface area contributed by atoms with Crippen LogP contribution in [0.4, 0.5) is 0 Å². The topological polar surface area (TPSA) is 55.7 Å². The largest absolute Gasteiger partial charge is 0.293 e. The quantitative estimate of drug-likeness (QED) is 0.244. The van der Waals surface area contributed by atoms with E-state index in [2.05, 4.69) is 62.2 Å². The molecule has 0 fully saturated rings. The van der Waals surface area contributed by atoms with Crippen LogP contribution in [0.5, 0.6) is 0 Å². The first kappa shape index (κ1) is 22.5. The molecule has 0 bridgehead atoms. The lowest BCUT2D eigenvalue weighted by molar-refractivity contribution is 0.102. The molecule has 0 saturated heterocycles. The molecule has 3 aromatic carbocycles. The number of carbonyl (C=O) groups excluding carboxylic acids is 1. The summed E-state index contributed by atoms with van der Waals surface area (Å²) in [5.74, 6) is 0.335. The first-order chi connectivity index (χ1) is 16.3. The van der Waals surface area contributed by atoms with E-state index in [1.165, 1.54) is 28.5 Å². The molecule has 1 aliphatic carbocycles. The third kappa shape index (κ3) is 4.28. The van der Waals surface area contributed by atoms with Gasteiger partial charge in [0.25, 0.3) is 0 Å². The molecule has 170 valence electrons. The second-order valence-electron chi connectivity index (χ2n) is 9.62. The average molecular weight is 466 g/mol. The van der Waals surface area contributed by atoms with Crippen LogP contribution in [0.2, 0.25) is 0 Å². The number of Topliss-reactive ketones (excluding diaryl/α,β-unsaturated/α-hetero) is 1. The molecule has 5 heteroatoms. The summed E-state index contributed by atoms with van der Waals surface area (Å²) in [6.45, 7) is 8.66. The van der Waals surface area contributed by atoms with Crippen molar-refractivity contribution in [2.24, 2.45) is 0 Å². The molecular weight excluding hydrogens is 438 g/mol. The number of nitrogens with zero attached hydrogens (tertiary/aromatic N) is 3. The fourth-order valence-electron chi connectivity index (χ4n) is 4.80. The highest BCUT2D eigenvalue weighted by molar-refractivity contribution is 7.99. The third-order valence-electron chi connectivity index (χ3n) is 6.39. The van der Waals surface area contributed by atoms with Crippen LogP contribution in [0.3, 0.4) is 0 Å². The maximum Gasteiger partial charge on any atom is 0.209 e. The van der Waals surface area contributed by atoms with E-state index in [1.807, 2.05) is 42.5 Å². The first-order valence-electron chi connectivity index (χ1n) is 11.5. The van der Waals surface area contributed by atoms with Crippen molar-refractivity contribution < 1.29 is 4.79 Å². The third-order valence-corrected chi connectivity index (χ3v) is 7.22. The minimum Gasteiger partial charge on any atom is -0.293 e. The molecule has 5 rings (SSSR count). The molecule has 0 atom stereocenters. The molecule has 0 spiro atoms. The summed E-state index contributed by atoms with van der Waals surface area (Å²) in [6, 6.07) is 22.4. The predicted molar refractivity (Wildman–Crippen MR) is 138 cm³/mol. The zero-order chi connectivity index (χ0) is 23.9. The lowest BCUT2D eigenvalue weighted by Gasteiger charge is -2.33. The van der Waals surface area contributed by atoms with Crippen molar-refractivity contribution in [3.8, 4) is 22.4 Å². The summed E-state index contributed by atoms with van der Waals surface area (Å²) in [5, 5.41) is 9.54. The van der Waals surface area contributed by atoms with Crippen molar-refractivity contribution in [1.82, 2.24) is 15.2 Å². The number of thioether (sulfide) groups is 1. The zero-order valence-corrected chi connectivity index (χ0v) is 20.7. The maximum absolute atomic E-state index is 12.8. The number of aryl methyl sites for hydroxylation is 2. The summed E-state index contributed by atoms with van der Waals surface area (Å²) < 4.78 is 0. The van der Waals surface area contributed by atoms with Crippen molar-refractivity contribution in [1.29, 1.82) is 0 Å². The van der Waals surface area contributed by atoms with Gasteiger partial charge in [0.1, 0.15) is 5.69 Å². The van der Waals surface area contributed by atoms with Gasteiger partial charge in [-0.2, -0.15) is 0 Å². The van der Waals surface area contributed by atoms with Crippen LogP contribution >= 0.6 is 11.8 Å². The molecule has 4 nitrogen and oxygen atoms in total. The monoisotopic (exact) mass is 465 g/mol. The second kappa shape index (κ2) is 8.80. The van der Waals surface area contributed by atoms with Gasteiger partial charge in [-0.25, -0.2) is 4.98 Å². The number of aromatic nitrogens is 3. The lowest BCUT2D eigenvalue weighted by atomic mass is 9.73. The van der Waals surface area contributed by atoms with E-state index in [4.69, 9.17) is 4.98 Å². The van der Waals surface area contributed by atoms with Gasteiger partial charge in [-0.1, -0.05) is 97.9 Å². The van der Waals surface area contributed by atoms with Gasteiger partial charge in [0.15, 0.2) is 5.78 Å². The Labute approximate surface area is 204 Å². The molecule has 0 aliphatic heterocycles. The molecule has 0 saturated carbocycles. The zero-order valence-electron chi connectivity index (χ0n) is 19.9. The van der Waals surface area contributed by atoms with E-state index in [1.54, 1.807) is 0 Å². The Morgan fingerprint density at radius 1 is 0.941 bits per heavy atom. The van der Waals surface area contributed by atoms with Crippen LogP contribution in [0, 0.1) is 13.8 Å². The van der Waals surface area contributed by atoms with Crippen LogP contribution in [-0.4, -0.2) is 26.7 Å². The van der Waals surface area contributed by atoms with E-state index >= 15 is 0 Å². The van der Waals surface area contributed by atoms with Crippen molar-refractivity contribution in [2.75, 3.05) is 5.75 Å². The number of hydrogen-bond acceptors (Lipinski definition) is 5. The molecule has 0 amide bonds. The summed E-state index contributed by atoms with van der Waals surface area (Å²) in [7, 11) is 0. The summed E-state index contributed by atoms with van der Waals surface area (Å²) in [4.78, 5) is 17.7. The number of benzene rings is 3. The Morgan fingerprint density at radius 2 is 1.65 bits per heavy atom. The summed E-state index contributed by atoms with van der Waals surface area (Å²) in [6.07, 6.45) is 0.910. The van der Waals surface area contributed by atoms with Gasteiger partial charge in [0.2, 0.25) is 5.16 Å². The van der Waals surface area contributed by atoms with Crippen LogP contribution in [0.15, 0.2) is 71.9 Å². The maximum atomic E-state index is 12.8. The number of ketones is 1. The number of carbonyl (C=O) groups is 1. The van der Waals surface area contributed by atoms with Crippen LogP contribution in [-0.2, 0) is 11.8 Å². The Bertz CT molecular complexity index is 1380. The van der Waals surface area contributed by atoms with E-state index in [0.29, 0.717) is 10.7 Å². The average Bonchev–Trinajstić information content (AvgIpc) is 2.82. The van der Waals surface area contributed by atoms with Gasteiger partial charge in [-0.3, -0.25) is 4.79 Å². The normalized spacial score (nSPS) is 13.8. The molecule has 0 radical (unpaired) electrons. The Kier molecular flexibility index (Phi) is 5.82. The molecule has 1 heterocycles. The highest BCUT2D eigenvalue weighted by Crippen LogP contribution is 2.43. The van der Waals surface area contributed by atoms with E-state index in [9.17, 15) is 4.79 Å². The minimum atomic E-state index is -0.148. The minimum absolute atomic E-state index is 0.0573. The molecular formula is C29H27N3OS. The van der Waals surface area contributed by atoms with E-state index in [-0.39, 0.29) is 17.0 Å². The van der Waals surface area contributed by atoms with Crippen molar-refractivity contribution in [3.63, 3.8) is 0 Å². The highest BCUT2D eigenvalue weighted by Gasteiger charge is 2.35. The molecule has 4 aromatic rings. The molecule has 1 aliphatic rings. The van der Waals surface area contributed by atoms with Crippen molar-refractivity contribution in [2.45, 2.75) is 44.7 Å². The van der Waals surface area contributed by atoms with E-state index in [0.717, 1.165) is 34.5 Å². The van der Waals surface area contributed by atoms with Gasteiger partial charge in [-0.05, 0) is 42.5 Å². The second-order valence-corrected chi connectivity index (χ2v) is 10.6. The summed E-state index contributed by atoms with van der Waals surface area (Å²) >= 11 is 1.35. The van der Waals surface area contributed by atoms with Gasteiger partial charge < -0.3 is 0 Å². The van der Waals surface area contributed by atoms with Gasteiger partial charge in [-0.15, -0.1) is 10.2 Å². The van der Waals surface area contributed by atoms with Gasteiger partial charge >= 0.3 is 0 Å². The Hall–Kier alpha value is -3.31. The smallest absolute Gasteiger partial charge is 0.209 e. The molecule has 1 aromatic heterocycles. The van der Waals surface area contributed by atoms with Crippen molar-refractivity contribution >= 4 is 17.5 Å². The highest BCUT2D eigenvalue weighted by atomic mass is 32.2. The standard InChI is InChI=1S/C29H27N3OS/c1-18-14-19(2)25-23(15-18)16-29(3,4)27-26(25)31-32-28(30-27)34-17-24(33)22-12-10-21(11-13-22)20-8-6-5-7-9-20/h5-15H,16-17H2,1-4H3. The molecule has 0 unspecified atom stereocenters. The van der Waals surface area contributed by atoms with Crippen LogP contribution in [0.1, 0.15) is 46.6 Å². The Balaban J connectivity index is 1.35. The lowest BCUT2D eigenvalue weighted by Crippen LogP contribution is -2.29. The molecule has 34 heavy (non-hydrogen) atoms. The SMILES string of the molecule is Cc1cc(C)c2c(c1)CC(C)(C)c1nc(SCC(=O)c3ccc(-c4ccccc4)cc3)nnc1-2. The fraction of sp³-hybridized carbons (Fsp3) is 0.241. The van der Waals surface area contributed by atoms with Crippen LogP contribution < -0.4 is 0 Å². The van der Waals surface area contributed by atoms with Gasteiger partial charge in [0, 0.05) is 16.5 Å². The first-order valence-corrected chi connectivity index (χ1v) is 12.5. The van der Waals surface area contributed by atoms with Crippen LogP contribution in [0.25, 0.3) is 22.4 Å². The van der Waals surface area contributed by atoms with Gasteiger partial charge in [0.05, 0.1) is 11.4 Å². The summed E-state index contributed by atoms with van der Waals surface area (Å²) in [5.41, 5.74) is 9.55. The predicted octanol–water partition coefficient (Wildman–Crippen LogP) is 6.63. The number of hydrogen-bond donors (Lipinski definition) is 0. The fourth-order valence-corrected chi connectivity index (χ4v) is 5.48. The van der Waals surface area contributed by atoms with Crippen molar-refractivity contribution in [3.05, 3.63) is 94.7 Å². The molecule has 0 N–H and O–H groups in total. The number of rotatable bonds is 5. The van der Waals surface area contributed by atoms with E-state index < -0.39 is 0 Å². The Morgan fingerprint density at radius 3 is 2.38 bits per heavy atom. The number of fused-ring (bicyclic) bond motifs is 3.